The predicted molar refractivity (Wildman–Crippen MR) is 78.0 cm³/mol. The number of amides is 1. The number of carbonyl (C=O) groups is 1. The Balaban J connectivity index is 2.09. The zero-order valence-corrected chi connectivity index (χ0v) is 11.5. The molecule has 1 amide bonds. The quantitative estimate of drug-likeness (QED) is 0.791. The number of nitrogens with two attached hydrogens (primary N) is 1. The van der Waals surface area contributed by atoms with Crippen molar-refractivity contribution in [1.82, 2.24) is 10.3 Å². The summed E-state index contributed by atoms with van der Waals surface area (Å²) in [4.78, 5) is 16.4. The van der Waals surface area contributed by atoms with Crippen molar-refractivity contribution in [2.75, 3.05) is 18.1 Å². The number of nitrogens with zero attached hydrogens (tertiary/aromatic N) is 1. The SMILES string of the molecule is NCC#Cc1cccnc1C(=O)NC1CCSCC1. The van der Waals surface area contributed by atoms with Crippen LogP contribution in [0.15, 0.2) is 18.3 Å². The molecule has 0 saturated carbocycles. The maximum absolute atomic E-state index is 12.2. The van der Waals surface area contributed by atoms with Gasteiger partial charge in [-0.05, 0) is 36.5 Å². The molecule has 0 bridgehead atoms. The highest BCUT2D eigenvalue weighted by atomic mass is 32.2. The standard InChI is InChI=1S/C14H17N3OS/c15-7-1-3-11-4-2-8-16-13(11)14(18)17-12-5-9-19-10-6-12/h2,4,8,12H,5-7,9-10,15H2,(H,17,18). The number of carbonyl (C=O) groups excluding carboxylic acids is 1. The van der Waals surface area contributed by atoms with Crippen LogP contribution in [-0.4, -0.2) is 35.0 Å². The van der Waals surface area contributed by atoms with E-state index in [1.807, 2.05) is 11.8 Å². The first-order chi connectivity index (χ1) is 9.31. The molecule has 0 unspecified atom stereocenters. The first-order valence-corrected chi connectivity index (χ1v) is 7.49. The lowest BCUT2D eigenvalue weighted by Crippen LogP contribution is -2.38. The molecule has 1 saturated heterocycles. The summed E-state index contributed by atoms with van der Waals surface area (Å²) in [6.07, 6.45) is 3.65. The third kappa shape index (κ3) is 3.98. The summed E-state index contributed by atoms with van der Waals surface area (Å²) in [5, 5.41) is 3.04. The van der Waals surface area contributed by atoms with E-state index in [-0.39, 0.29) is 18.5 Å². The van der Waals surface area contributed by atoms with E-state index in [0.717, 1.165) is 24.3 Å². The molecule has 2 rings (SSSR count). The number of aromatic nitrogens is 1. The summed E-state index contributed by atoms with van der Waals surface area (Å²) >= 11 is 1.93. The van der Waals surface area contributed by atoms with Crippen LogP contribution in [0.4, 0.5) is 0 Å². The highest BCUT2D eigenvalue weighted by molar-refractivity contribution is 7.99. The molecule has 0 aliphatic carbocycles. The van der Waals surface area contributed by atoms with Crippen LogP contribution < -0.4 is 11.1 Å². The number of pyridine rings is 1. The van der Waals surface area contributed by atoms with Gasteiger partial charge >= 0.3 is 0 Å². The van der Waals surface area contributed by atoms with Crippen LogP contribution in [0.5, 0.6) is 0 Å². The second-order valence-corrected chi connectivity index (χ2v) is 5.49. The normalized spacial score (nSPS) is 15.4. The van der Waals surface area contributed by atoms with Gasteiger partial charge in [-0.2, -0.15) is 11.8 Å². The average Bonchev–Trinajstić information content (AvgIpc) is 2.46. The zero-order valence-electron chi connectivity index (χ0n) is 10.7. The molecule has 1 aromatic rings. The molecule has 0 atom stereocenters. The van der Waals surface area contributed by atoms with Crippen LogP contribution in [0.2, 0.25) is 0 Å². The number of thioether (sulfide) groups is 1. The third-order valence-corrected chi connectivity index (χ3v) is 3.95. The number of hydrogen-bond acceptors (Lipinski definition) is 4. The van der Waals surface area contributed by atoms with Gasteiger partial charge in [0.05, 0.1) is 12.1 Å². The smallest absolute Gasteiger partial charge is 0.271 e. The minimum absolute atomic E-state index is 0.140. The van der Waals surface area contributed by atoms with Gasteiger partial charge in [-0.3, -0.25) is 4.79 Å². The van der Waals surface area contributed by atoms with Crippen molar-refractivity contribution in [1.29, 1.82) is 0 Å². The lowest BCUT2D eigenvalue weighted by Gasteiger charge is -2.22. The highest BCUT2D eigenvalue weighted by Gasteiger charge is 2.18. The van der Waals surface area contributed by atoms with Gasteiger partial charge in [0.2, 0.25) is 0 Å². The molecular weight excluding hydrogens is 258 g/mol. The van der Waals surface area contributed by atoms with Gasteiger partial charge in [0, 0.05) is 12.2 Å². The molecule has 2 heterocycles. The van der Waals surface area contributed by atoms with E-state index in [0.29, 0.717) is 11.3 Å². The fourth-order valence-electron chi connectivity index (χ4n) is 1.93. The molecule has 0 radical (unpaired) electrons. The molecule has 0 aromatic carbocycles. The fourth-order valence-corrected chi connectivity index (χ4v) is 3.04. The molecule has 100 valence electrons. The Bertz CT molecular complexity index is 501. The Morgan fingerprint density at radius 2 is 2.32 bits per heavy atom. The fraction of sp³-hybridized carbons (Fsp3) is 0.429. The zero-order chi connectivity index (χ0) is 13.5. The van der Waals surface area contributed by atoms with Crippen LogP contribution in [-0.2, 0) is 0 Å². The molecule has 0 spiro atoms. The number of nitrogens with one attached hydrogen (secondary N) is 1. The van der Waals surface area contributed by atoms with E-state index < -0.39 is 0 Å². The first kappa shape index (κ1) is 13.9. The van der Waals surface area contributed by atoms with E-state index in [4.69, 9.17) is 5.73 Å². The summed E-state index contributed by atoms with van der Waals surface area (Å²) in [6.45, 7) is 0.274. The van der Waals surface area contributed by atoms with Crippen molar-refractivity contribution in [3.8, 4) is 11.8 Å². The van der Waals surface area contributed by atoms with Crippen molar-refractivity contribution >= 4 is 17.7 Å². The second-order valence-electron chi connectivity index (χ2n) is 4.27. The lowest BCUT2D eigenvalue weighted by molar-refractivity contribution is 0.0929. The van der Waals surface area contributed by atoms with E-state index in [9.17, 15) is 4.79 Å². The van der Waals surface area contributed by atoms with Gasteiger partial charge in [0.1, 0.15) is 5.69 Å². The Hall–Kier alpha value is -1.51. The minimum Gasteiger partial charge on any atom is -0.348 e. The summed E-state index contributed by atoms with van der Waals surface area (Å²) in [5.41, 5.74) is 6.38. The lowest BCUT2D eigenvalue weighted by atomic mass is 10.1. The molecule has 1 aliphatic rings. The molecule has 1 aromatic heterocycles. The molecule has 4 nitrogen and oxygen atoms in total. The van der Waals surface area contributed by atoms with Crippen molar-refractivity contribution < 1.29 is 4.79 Å². The van der Waals surface area contributed by atoms with Gasteiger partial charge < -0.3 is 11.1 Å². The topological polar surface area (TPSA) is 68.0 Å². The number of hydrogen-bond donors (Lipinski definition) is 2. The van der Waals surface area contributed by atoms with Crippen LogP contribution in [0.25, 0.3) is 0 Å². The molecule has 19 heavy (non-hydrogen) atoms. The van der Waals surface area contributed by atoms with E-state index in [1.165, 1.54) is 0 Å². The van der Waals surface area contributed by atoms with Crippen molar-refractivity contribution in [2.45, 2.75) is 18.9 Å². The van der Waals surface area contributed by atoms with Gasteiger partial charge in [-0.25, -0.2) is 4.98 Å². The van der Waals surface area contributed by atoms with Crippen molar-refractivity contribution in [2.24, 2.45) is 5.73 Å². The minimum atomic E-state index is -0.140. The summed E-state index contributed by atoms with van der Waals surface area (Å²) < 4.78 is 0. The van der Waals surface area contributed by atoms with E-state index in [1.54, 1.807) is 18.3 Å². The Morgan fingerprint density at radius 3 is 3.05 bits per heavy atom. The molecule has 1 fully saturated rings. The van der Waals surface area contributed by atoms with Gasteiger partial charge in [0.25, 0.3) is 5.91 Å². The molecule has 3 N–H and O–H groups in total. The van der Waals surface area contributed by atoms with Crippen LogP contribution in [0.3, 0.4) is 0 Å². The van der Waals surface area contributed by atoms with Gasteiger partial charge in [-0.15, -0.1) is 0 Å². The first-order valence-electron chi connectivity index (χ1n) is 6.34. The van der Waals surface area contributed by atoms with Crippen molar-refractivity contribution in [3.63, 3.8) is 0 Å². The summed E-state index contributed by atoms with van der Waals surface area (Å²) in [6, 6.07) is 3.82. The number of rotatable bonds is 2. The molecule has 5 heteroatoms. The third-order valence-electron chi connectivity index (χ3n) is 2.90. The summed E-state index contributed by atoms with van der Waals surface area (Å²) in [7, 11) is 0. The van der Waals surface area contributed by atoms with Crippen LogP contribution >= 0.6 is 11.8 Å². The summed E-state index contributed by atoms with van der Waals surface area (Å²) in [5.74, 6) is 7.71. The Morgan fingerprint density at radius 1 is 1.53 bits per heavy atom. The average molecular weight is 275 g/mol. The van der Waals surface area contributed by atoms with Crippen molar-refractivity contribution in [3.05, 3.63) is 29.6 Å². The Labute approximate surface area is 117 Å². The largest absolute Gasteiger partial charge is 0.348 e. The van der Waals surface area contributed by atoms with E-state index in [2.05, 4.69) is 22.1 Å². The molecule has 1 aliphatic heterocycles. The van der Waals surface area contributed by atoms with Gasteiger partial charge in [0.15, 0.2) is 0 Å². The predicted octanol–water partition coefficient (Wildman–Crippen LogP) is 1.02. The maximum Gasteiger partial charge on any atom is 0.271 e. The van der Waals surface area contributed by atoms with Crippen LogP contribution in [0.1, 0.15) is 28.9 Å². The Kier molecular flexibility index (Phi) is 5.25. The monoisotopic (exact) mass is 275 g/mol. The second kappa shape index (κ2) is 7.17. The molecular formula is C14H17N3OS. The van der Waals surface area contributed by atoms with Gasteiger partial charge in [-0.1, -0.05) is 11.8 Å². The maximum atomic E-state index is 12.2. The van der Waals surface area contributed by atoms with Crippen LogP contribution in [0, 0.1) is 11.8 Å². The highest BCUT2D eigenvalue weighted by Crippen LogP contribution is 2.17. The van der Waals surface area contributed by atoms with E-state index >= 15 is 0 Å².